The highest BCUT2D eigenvalue weighted by molar-refractivity contribution is 5.26. The van der Waals surface area contributed by atoms with Crippen molar-refractivity contribution in [2.75, 3.05) is 6.54 Å². The first kappa shape index (κ1) is 13.3. The molecule has 0 saturated carbocycles. The van der Waals surface area contributed by atoms with Crippen LogP contribution in [0, 0.1) is 0 Å². The molecule has 1 aromatic rings. The Morgan fingerprint density at radius 2 is 1.67 bits per heavy atom. The molecule has 2 N–H and O–H groups in total. The second-order valence-corrected chi connectivity index (χ2v) is 5.39. The van der Waals surface area contributed by atoms with Crippen molar-refractivity contribution in [2.45, 2.75) is 44.8 Å². The minimum Gasteiger partial charge on any atom is -0.387 e. The minimum atomic E-state index is -0.410. The second kappa shape index (κ2) is 6.17. The molecule has 0 heterocycles. The Hall–Kier alpha value is -1.12. The molecule has 0 spiro atoms. The van der Waals surface area contributed by atoms with Gasteiger partial charge < -0.3 is 10.4 Å². The highest BCUT2D eigenvalue weighted by Crippen LogP contribution is 2.19. The Morgan fingerprint density at radius 1 is 1.11 bits per heavy atom. The van der Waals surface area contributed by atoms with Crippen LogP contribution >= 0.6 is 0 Å². The van der Waals surface area contributed by atoms with E-state index >= 15 is 0 Å². The highest BCUT2D eigenvalue weighted by Gasteiger charge is 2.13. The van der Waals surface area contributed by atoms with Crippen LogP contribution in [0.4, 0.5) is 0 Å². The summed E-state index contributed by atoms with van der Waals surface area (Å²) in [6.07, 6.45) is 6.15. The van der Waals surface area contributed by atoms with Crippen molar-refractivity contribution in [1.82, 2.24) is 5.32 Å². The van der Waals surface area contributed by atoms with E-state index in [0.29, 0.717) is 18.5 Å². The maximum Gasteiger partial charge on any atom is 0.0914 e. The highest BCUT2D eigenvalue weighted by atomic mass is 16.3. The summed E-state index contributed by atoms with van der Waals surface area (Å²) in [5, 5.41) is 13.5. The monoisotopic (exact) mass is 245 g/mol. The molecule has 98 valence electrons. The van der Waals surface area contributed by atoms with Gasteiger partial charge in [0.15, 0.2) is 0 Å². The molecule has 0 aromatic heterocycles. The lowest BCUT2D eigenvalue weighted by atomic mass is 10.00. The van der Waals surface area contributed by atoms with E-state index in [1.165, 1.54) is 5.56 Å². The van der Waals surface area contributed by atoms with E-state index in [-0.39, 0.29) is 0 Å². The van der Waals surface area contributed by atoms with Gasteiger partial charge in [-0.15, -0.1) is 0 Å². The molecular weight excluding hydrogens is 222 g/mol. The standard InChI is InChI=1S/C16H23NO/c1-12(2)13-7-9-14(10-8-13)16(18)11-17-15-5-3-4-6-15/h3-4,7-10,12,15-18H,5-6,11H2,1-2H3. The Kier molecular flexibility index (Phi) is 4.56. The summed E-state index contributed by atoms with van der Waals surface area (Å²) in [5.74, 6) is 0.541. The fraction of sp³-hybridized carbons (Fsp3) is 0.500. The fourth-order valence-corrected chi connectivity index (χ4v) is 2.28. The molecule has 1 unspecified atom stereocenters. The second-order valence-electron chi connectivity index (χ2n) is 5.39. The third-order valence-electron chi connectivity index (χ3n) is 3.60. The maximum absolute atomic E-state index is 10.1. The zero-order valence-corrected chi connectivity index (χ0v) is 11.3. The van der Waals surface area contributed by atoms with Crippen molar-refractivity contribution < 1.29 is 5.11 Å². The van der Waals surface area contributed by atoms with Crippen LogP contribution in [-0.2, 0) is 0 Å². The maximum atomic E-state index is 10.1. The quantitative estimate of drug-likeness (QED) is 0.781. The van der Waals surface area contributed by atoms with Crippen molar-refractivity contribution in [3.05, 3.63) is 47.5 Å². The van der Waals surface area contributed by atoms with Crippen LogP contribution in [-0.4, -0.2) is 17.7 Å². The van der Waals surface area contributed by atoms with Crippen LogP contribution in [0.25, 0.3) is 0 Å². The van der Waals surface area contributed by atoms with Crippen LogP contribution < -0.4 is 5.32 Å². The zero-order chi connectivity index (χ0) is 13.0. The van der Waals surface area contributed by atoms with Gasteiger partial charge in [0.05, 0.1) is 6.10 Å². The van der Waals surface area contributed by atoms with E-state index < -0.39 is 6.10 Å². The van der Waals surface area contributed by atoms with E-state index in [1.807, 2.05) is 12.1 Å². The van der Waals surface area contributed by atoms with Gasteiger partial charge in [-0.25, -0.2) is 0 Å². The van der Waals surface area contributed by atoms with Crippen molar-refractivity contribution in [3.8, 4) is 0 Å². The molecule has 1 aliphatic carbocycles. The molecule has 2 heteroatoms. The van der Waals surface area contributed by atoms with Crippen LogP contribution in [0.15, 0.2) is 36.4 Å². The van der Waals surface area contributed by atoms with Gasteiger partial charge >= 0.3 is 0 Å². The first-order valence-electron chi connectivity index (χ1n) is 6.83. The SMILES string of the molecule is CC(C)c1ccc(C(O)CNC2CC=CC2)cc1. The number of hydrogen-bond donors (Lipinski definition) is 2. The molecule has 1 aromatic carbocycles. The summed E-state index contributed by atoms with van der Waals surface area (Å²) >= 11 is 0. The lowest BCUT2D eigenvalue weighted by molar-refractivity contribution is 0.170. The van der Waals surface area contributed by atoms with E-state index in [4.69, 9.17) is 0 Å². The molecule has 1 atom stereocenters. The van der Waals surface area contributed by atoms with Gasteiger partial charge in [-0.2, -0.15) is 0 Å². The smallest absolute Gasteiger partial charge is 0.0914 e. The molecule has 0 amide bonds. The lowest BCUT2D eigenvalue weighted by Crippen LogP contribution is -2.30. The molecule has 2 nitrogen and oxygen atoms in total. The topological polar surface area (TPSA) is 32.3 Å². The summed E-state index contributed by atoms with van der Waals surface area (Å²) in [5.41, 5.74) is 2.32. The van der Waals surface area contributed by atoms with Crippen molar-refractivity contribution in [2.24, 2.45) is 0 Å². The van der Waals surface area contributed by atoms with Gasteiger partial charge in [-0.05, 0) is 29.9 Å². The molecule has 0 radical (unpaired) electrons. The van der Waals surface area contributed by atoms with Gasteiger partial charge in [0.2, 0.25) is 0 Å². The fourth-order valence-electron chi connectivity index (χ4n) is 2.28. The van der Waals surface area contributed by atoms with E-state index in [1.54, 1.807) is 0 Å². The zero-order valence-electron chi connectivity index (χ0n) is 11.3. The average Bonchev–Trinajstić information content (AvgIpc) is 2.89. The summed E-state index contributed by atoms with van der Waals surface area (Å²) < 4.78 is 0. The summed E-state index contributed by atoms with van der Waals surface area (Å²) in [6.45, 7) is 4.99. The number of rotatable bonds is 5. The third-order valence-corrected chi connectivity index (χ3v) is 3.60. The number of benzene rings is 1. The normalized spacial score (nSPS) is 17.6. The van der Waals surface area contributed by atoms with Crippen molar-refractivity contribution >= 4 is 0 Å². The molecule has 0 saturated heterocycles. The Labute approximate surface area is 110 Å². The molecule has 0 bridgehead atoms. The Bertz CT molecular complexity index is 386. The van der Waals surface area contributed by atoms with Crippen LogP contribution in [0.3, 0.4) is 0 Å². The van der Waals surface area contributed by atoms with E-state index in [0.717, 1.165) is 18.4 Å². The van der Waals surface area contributed by atoms with E-state index in [9.17, 15) is 5.11 Å². The minimum absolute atomic E-state index is 0.410. The number of nitrogens with one attached hydrogen (secondary N) is 1. The van der Waals surface area contributed by atoms with Crippen LogP contribution in [0.1, 0.15) is 49.8 Å². The third kappa shape index (κ3) is 3.44. The van der Waals surface area contributed by atoms with Crippen LogP contribution in [0.5, 0.6) is 0 Å². The summed E-state index contributed by atoms with van der Waals surface area (Å²) in [4.78, 5) is 0. The predicted octanol–water partition coefficient (Wildman–Crippen LogP) is 3.15. The Balaban J connectivity index is 1.85. The van der Waals surface area contributed by atoms with Gasteiger partial charge in [0, 0.05) is 12.6 Å². The largest absolute Gasteiger partial charge is 0.387 e. The van der Waals surface area contributed by atoms with Gasteiger partial charge in [-0.3, -0.25) is 0 Å². The van der Waals surface area contributed by atoms with Crippen molar-refractivity contribution in [3.63, 3.8) is 0 Å². The Morgan fingerprint density at radius 3 is 2.22 bits per heavy atom. The summed E-state index contributed by atoms with van der Waals surface area (Å²) in [7, 11) is 0. The predicted molar refractivity (Wildman–Crippen MR) is 75.7 cm³/mol. The molecular formula is C16H23NO. The number of hydrogen-bond acceptors (Lipinski definition) is 2. The molecule has 2 rings (SSSR count). The molecule has 1 aliphatic rings. The first-order valence-corrected chi connectivity index (χ1v) is 6.83. The van der Waals surface area contributed by atoms with Gasteiger partial charge in [-0.1, -0.05) is 50.3 Å². The summed E-state index contributed by atoms with van der Waals surface area (Å²) in [6, 6.07) is 8.80. The molecule has 0 fully saturated rings. The van der Waals surface area contributed by atoms with Crippen LogP contribution in [0.2, 0.25) is 0 Å². The lowest BCUT2D eigenvalue weighted by Gasteiger charge is -2.17. The molecule has 0 aliphatic heterocycles. The first-order chi connectivity index (χ1) is 8.66. The number of aliphatic hydroxyl groups excluding tert-OH is 1. The van der Waals surface area contributed by atoms with Gasteiger partial charge in [0.25, 0.3) is 0 Å². The van der Waals surface area contributed by atoms with Gasteiger partial charge in [0.1, 0.15) is 0 Å². The average molecular weight is 245 g/mol. The van der Waals surface area contributed by atoms with Crippen molar-refractivity contribution in [1.29, 1.82) is 0 Å². The molecule has 18 heavy (non-hydrogen) atoms. The van der Waals surface area contributed by atoms with E-state index in [2.05, 4.69) is 43.4 Å². The number of aliphatic hydroxyl groups is 1.